The molecule has 114 valence electrons. The molecule has 0 aromatic carbocycles. The Bertz CT molecular complexity index is 667. The highest BCUT2D eigenvalue weighted by molar-refractivity contribution is 5.97. The number of rotatable bonds is 0. The van der Waals surface area contributed by atoms with E-state index in [1.54, 1.807) is 6.08 Å². The molecule has 0 radical (unpaired) electrons. The Morgan fingerprint density at radius 1 is 1.29 bits per heavy atom. The van der Waals surface area contributed by atoms with Crippen LogP contribution in [-0.4, -0.2) is 11.6 Å². The van der Waals surface area contributed by atoms with Crippen LogP contribution < -0.4 is 0 Å². The second-order valence-electron chi connectivity index (χ2n) is 7.97. The lowest BCUT2D eigenvalue weighted by Crippen LogP contribution is -2.53. The second-order valence-corrected chi connectivity index (χ2v) is 7.97. The maximum atomic E-state index is 12.7. The van der Waals surface area contributed by atoms with Gasteiger partial charge in [0.15, 0.2) is 5.78 Å². The SMILES string of the molecule is [2H]C1=C[C@H]2[C@@H]3CCC4CC(=O)CC[C@]4(C)[C@H]3CC[C@]2(C([2H])([2H])[2H])C1=O. The molecule has 1 unspecified atom stereocenters. The van der Waals surface area contributed by atoms with Gasteiger partial charge in [-0.15, -0.1) is 0 Å². The smallest absolute Gasteiger partial charge is 0.161 e. The summed E-state index contributed by atoms with van der Waals surface area (Å²) in [6.07, 6.45) is 6.72. The Morgan fingerprint density at radius 2 is 2.14 bits per heavy atom. The van der Waals surface area contributed by atoms with Gasteiger partial charge in [-0.3, -0.25) is 9.59 Å². The molecule has 0 heterocycles. The second kappa shape index (κ2) is 4.30. The highest BCUT2D eigenvalue weighted by atomic mass is 16.1. The van der Waals surface area contributed by atoms with Crippen LogP contribution in [0.4, 0.5) is 0 Å². The maximum absolute atomic E-state index is 12.7. The van der Waals surface area contributed by atoms with Gasteiger partial charge >= 0.3 is 0 Å². The standard InChI is InChI=1S/C19H26O2/c1-18-9-7-13(20)11-12(18)3-4-14-15-5-6-17(21)19(15,2)10-8-16(14)18/h5-6,12,14-16H,3-4,7-11H2,1-2H3/t12?,14-,15-,16-,18-,19-/m0/s1/i2D3,6D. The molecular formula is C19H26O2. The summed E-state index contributed by atoms with van der Waals surface area (Å²) in [6, 6.07) is -0.104. The molecule has 6 atom stereocenters. The van der Waals surface area contributed by atoms with Gasteiger partial charge in [0.2, 0.25) is 0 Å². The number of allylic oxidation sites excluding steroid dienone is 2. The Labute approximate surface area is 133 Å². The maximum Gasteiger partial charge on any atom is 0.161 e. The predicted molar refractivity (Wildman–Crippen MR) is 81.6 cm³/mol. The van der Waals surface area contributed by atoms with Gasteiger partial charge in [-0.1, -0.05) is 19.9 Å². The normalized spacial score (nSPS) is 56.1. The summed E-state index contributed by atoms with van der Waals surface area (Å²) in [6.45, 7) is -0.0787. The van der Waals surface area contributed by atoms with Crippen LogP contribution in [0.3, 0.4) is 0 Å². The summed E-state index contributed by atoms with van der Waals surface area (Å²) < 4.78 is 32.3. The number of Topliss-reactive ketones (excluding diaryl/α,β-unsaturated/α-hetero) is 1. The Kier molecular flexibility index (Phi) is 2.04. The first-order valence-electron chi connectivity index (χ1n) is 10.4. The van der Waals surface area contributed by atoms with Crippen LogP contribution in [0.5, 0.6) is 0 Å². The number of carbonyl (C=O) groups excluding carboxylic acids is 2. The van der Waals surface area contributed by atoms with Crippen molar-refractivity contribution in [2.24, 2.45) is 34.5 Å². The molecule has 0 aliphatic heterocycles. The summed E-state index contributed by atoms with van der Waals surface area (Å²) in [7, 11) is 0. The third-order valence-electron chi connectivity index (χ3n) is 7.24. The van der Waals surface area contributed by atoms with Crippen LogP contribution in [-0.2, 0) is 9.59 Å². The van der Waals surface area contributed by atoms with Gasteiger partial charge in [-0.05, 0) is 67.2 Å². The molecule has 2 nitrogen and oxygen atoms in total. The van der Waals surface area contributed by atoms with Crippen molar-refractivity contribution in [3.8, 4) is 0 Å². The van der Waals surface area contributed by atoms with E-state index in [4.69, 9.17) is 5.48 Å². The van der Waals surface area contributed by atoms with E-state index in [1.807, 2.05) is 0 Å². The van der Waals surface area contributed by atoms with E-state index in [9.17, 15) is 9.59 Å². The van der Waals surface area contributed by atoms with E-state index in [1.165, 1.54) is 0 Å². The molecule has 0 aromatic rings. The molecule has 3 fully saturated rings. The number of ketones is 2. The monoisotopic (exact) mass is 290 g/mol. The van der Waals surface area contributed by atoms with E-state index < -0.39 is 18.1 Å². The third kappa shape index (κ3) is 1.71. The molecular weight excluding hydrogens is 260 g/mol. The Balaban J connectivity index is 1.74. The molecule has 4 aliphatic rings. The van der Waals surface area contributed by atoms with E-state index >= 15 is 0 Å². The lowest BCUT2D eigenvalue weighted by molar-refractivity contribution is -0.142. The highest BCUT2D eigenvalue weighted by Crippen LogP contribution is 2.63. The highest BCUT2D eigenvalue weighted by Gasteiger charge is 2.58. The summed E-state index contributed by atoms with van der Waals surface area (Å²) in [5, 5.41) is 0. The average Bonchev–Trinajstić information content (AvgIpc) is 2.80. The zero-order valence-electron chi connectivity index (χ0n) is 16.7. The average molecular weight is 290 g/mol. The van der Waals surface area contributed by atoms with Gasteiger partial charge in [0.1, 0.15) is 5.78 Å². The van der Waals surface area contributed by atoms with Gasteiger partial charge < -0.3 is 0 Å². The summed E-state index contributed by atoms with van der Waals surface area (Å²) in [4.78, 5) is 24.6. The topological polar surface area (TPSA) is 34.1 Å². The molecule has 0 saturated heterocycles. The summed E-state index contributed by atoms with van der Waals surface area (Å²) in [5.41, 5.74) is -1.31. The van der Waals surface area contributed by atoms with Gasteiger partial charge in [0, 0.05) is 22.4 Å². The van der Waals surface area contributed by atoms with Crippen molar-refractivity contribution < 1.29 is 15.1 Å². The molecule has 0 N–H and O–H groups in total. The first kappa shape index (κ1) is 9.97. The van der Waals surface area contributed by atoms with E-state index in [-0.39, 0.29) is 23.3 Å². The lowest BCUT2D eigenvalue weighted by atomic mass is 9.45. The first-order valence-corrected chi connectivity index (χ1v) is 8.36. The minimum Gasteiger partial charge on any atom is -0.300 e. The molecule has 21 heavy (non-hydrogen) atoms. The fourth-order valence-electron chi connectivity index (χ4n) is 5.94. The van der Waals surface area contributed by atoms with Crippen LogP contribution in [0.1, 0.15) is 64.2 Å². The van der Waals surface area contributed by atoms with E-state index in [2.05, 4.69) is 6.92 Å². The molecule has 2 heteroatoms. The first-order chi connectivity index (χ1) is 11.6. The van der Waals surface area contributed by atoms with Crippen molar-refractivity contribution in [2.45, 2.75) is 58.7 Å². The quantitative estimate of drug-likeness (QED) is 0.677. The van der Waals surface area contributed by atoms with Crippen LogP contribution in [0.15, 0.2) is 12.1 Å². The number of carbonyl (C=O) groups is 2. The zero-order valence-corrected chi connectivity index (χ0v) is 12.7. The third-order valence-corrected chi connectivity index (χ3v) is 7.24. The van der Waals surface area contributed by atoms with E-state index in [0.29, 0.717) is 36.9 Å². The van der Waals surface area contributed by atoms with Crippen molar-refractivity contribution in [3.63, 3.8) is 0 Å². The van der Waals surface area contributed by atoms with Gasteiger partial charge in [-0.2, -0.15) is 0 Å². The van der Waals surface area contributed by atoms with Crippen LogP contribution in [0, 0.1) is 34.5 Å². The fraction of sp³-hybridized carbons (Fsp3) is 0.789. The molecule has 0 aromatic heterocycles. The largest absolute Gasteiger partial charge is 0.300 e. The molecule has 0 spiro atoms. The number of hydrogen-bond donors (Lipinski definition) is 0. The van der Waals surface area contributed by atoms with Gasteiger partial charge in [0.25, 0.3) is 0 Å². The zero-order chi connectivity index (χ0) is 18.2. The fourth-order valence-corrected chi connectivity index (χ4v) is 5.94. The predicted octanol–water partition coefficient (Wildman–Crippen LogP) is 3.94. The molecule has 0 bridgehead atoms. The minimum absolute atomic E-state index is 0.0688. The van der Waals surface area contributed by atoms with Crippen molar-refractivity contribution in [3.05, 3.63) is 12.1 Å². The Morgan fingerprint density at radius 3 is 2.95 bits per heavy atom. The number of fused-ring (bicyclic) bond motifs is 5. The van der Waals surface area contributed by atoms with Crippen LogP contribution >= 0.6 is 0 Å². The van der Waals surface area contributed by atoms with Gasteiger partial charge in [-0.25, -0.2) is 0 Å². The number of hydrogen-bond acceptors (Lipinski definition) is 2. The van der Waals surface area contributed by atoms with Crippen molar-refractivity contribution in [1.29, 1.82) is 0 Å². The lowest BCUT2D eigenvalue weighted by Gasteiger charge is -2.59. The molecule has 0 amide bonds. The molecule has 4 aliphatic carbocycles. The summed E-state index contributed by atoms with van der Waals surface area (Å²) in [5.74, 6) is 0.450. The summed E-state index contributed by atoms with van der Waals surface area (Å²) >= 11 is 0. The van der Waals surface area contributed by atoms with E-state index in [0.717, 1.165) is 25.7 Å². The van der Waals surface area contributed by atoms with Crippen LogP contribution in [0.2, 0.25) is 0 Å². The van der Waals surface area contributed by atoms with Crippen molar-refractivity contribution >= 4 is 11.6 Å². The van der Waals surface area contributed by atoms with Crippen LogP contribution in [0.25, 0.3) is 0 Å². The molecule has 3 saturated carbocycles. The van der Waals surface area contributed by atoms with Crippen molar-refractivity contribution in [1.82, 2.24) is 0 Å². The minimum atomic E-state index is -2.36. The van der Waals surface area contributed by atoms with Gasteiger partial charge in [0.05, 0.1) is 1.37 Å². The Hall–Kier alpha value is -0.920. The van der Waals surface area contributed by atoms with Crippen molar-refractivity contribution in [2.75, 3.05) is 0 Å². The molecule has 4 rings (SSSR count).